The van der Waals surface area contributed by atoms with Crippen molar-refractivity contribution in [1.29, 1.82) is 0 Å². The standard InChI is InChI=1S/C20H28FN3O4S/c1-22-29(27,28)16-7-8-18(21)17(13-16)20(26)24-11-9-15(10-12-24)23-19(25)14-5-3-2-4-6-14/h7-8,13-15,22H,2-6,9-12H2,1H3,(H,23,25). The van der Waals surface area contributed by atoms with E-state index in [1.807, 2.05) is 0 Å². The van der Waals surface area contributed by atoms with Crippen LogP contribution in [-0.4, -0.2) is 51.3 Å². The number of sulfonamides is 1. The van der Waals surface area contributed by atoms with Gasteiger partial charge in [-0.05, 0) is 50.9 Å². The van der Waals surface area contributed by atoms with Gasteiger partial charge in [-0.15, -0.1) is 0 Å². The summed E-state index contributed by atoms with van der Waals surface area (Å²) in [7, 11) is -2.51. The molecule has 9 heteroatoms. The molecular formula is C20H28FN3O4S. The molecule has 1 aromatic rings. The molecule has 0 unspecified atom stereocenters. The average molecular weight is 426 g/mol. The minimum absolute atomic E-state index is 0.00864. The Labute approximate surface area is 171 Å². The van der Waals surface area contributed by atoms with Crippen LogP contribution in [0.15, 0.2) is 23.1 Å². The second-order valence-electron chi connectivity index (χ2n) is 7.76. The second kappa shape index (κ2) is 9.21. The zero-order valence-corrected chi connectivity index (χ0v) is 17.4. The van der Waals surface area contributed by atoms with Gasteiger partial charge in [0, 0.05) is 25.0 Å². The van der Waals surface area contributed by atoms with Crippen molar-refractivity contribution < 1.29 is 22.4 Å². The van der Waals surface area contributed by atoms with E-state index in [2.05, 4.69) is 10.0 Å². The predicted molar refractivity (Wildman–Crippen MR) is 106 cm³/mol. The summed E-state index contributed by atoms with van der Waals surface area (Å²) in [5.41, 5.74) is -0.258. The molecule has 2 N–H and O–H groups in total. The average Bonchev–Trinajstić information content (AvgIpc) is 2.74. The molecule has 2 aliphatic rings. The minimum atomic E-state index is -3.77. The summed E-state index contributed by atoms with van der Waals surface area (Å²) in [6.45, 7) is 0.772. The van der Waals surface area contributed by atoms with Gasteiger partial charge in [0.1, 0.15) is 5.82 Å². The number of carbonyl (C=O) groups excluding carboxylic acids is 2. The molecule has 1 aromatic carbocycles. The zero-order valence-electron chi connectivity index (χ0n) is 16.6. The Bertz CT molecular complexity index is 860. The lowest BCUT2D eigenvalue weighted by Gasteiger charge is -2.33. The normalized spacial score (nSPS) is 19.2. The third-order valence-electron chi connectivity index (χ3n) is 5.85. The van der Waals surface area contributed by atoms with Crippen LogP contribution < -0.4 is 10.0 Å². The predicted octanol–water partition coefficient (Wildman–Crippen LogP) is 2.03. The zero-order chi connectivity index (χ0) is 21.0. The molecular weight excluding hydrogens is 397 g/mol. The van der Waals surface area contributed by atoms with Gasteiger partial charge >= 0.3 is 0 Å². The van der Waals surface area contributed by atoms with Crippen LogP contribution in [0.5, 0.6) is 0 Å². The van der Waals surface area contributed by atoms with E-state index in [0.29, 0.717) is 25.9 Å². The Morgan fingerprint density at radius 3 is 2.34 bits per heavy atom. The number of nitrogens with one attached hydrogen (secondary N) is 2. The van der Waals surface area contributed by atoms with Crippen LogP contribution in [0.25, 0.3) is 0 Å². The maximum Gasteiger partial charge on any atom is 0.256 e. The Kier molecular flexibility index (Phi) is 6.89. The molecule has 2 fully saturated rings. The Morgan fingerprint density at radius 1 is 1.07 bits per heavy atom. The third kappa shape index (κ3) is 5.14. The summed E-state index contributed by atoms with van der Waals surface area (Å²) in [5, 5.41) is 3.10. The molecule has 0 aromatic heterocycles. The van der Waals surface area contributed by atoms with E-state index >= 15 is 0 Å². The Morgan fingerprint density at radius 2 is 1.72 bits per heavy atom. The van der Waals surface area contributed by atoms with E-state index in [1.165, 1.54) is 18.4 Å². The number of hydrogen-bond acceptors (Lipinski definition) is 4. The molecule has 29 heavy (non-hydrogen) atoms. The summed E-state index contributed by atoms with van der Waals surface area (Å²) in [4.78, 5) is 26.5. The highest BCUT2D eigenvalue weighted by Gasteiger charge is 2.29. The van der Waals surface area contributed by atoms with Crippen LogP contribution in [0, 0.1) is 11.7 Å². The lowest BCUT2D eigenvalue weighted by molar-refractivity contribution is -0.126. The van der Waals surface area contributed by atoms with Crippen molar-refractivity contribution in [1.82, 2.24) is 14.9 Å². The number of amides is 2. The van der Waals surface area contributed by atoms with Crippen molar-refractivity contribution >= 4 is 21.8 Å². The quantitative estimate of drug-likeness (QED) is 0.755. The molecule has 0 spiro atoms. The van der Waals surface area contributed by atoms with Gasteiger partial charge in [0.2, 0.25) is 15.9 Å². The fraction of sp³-hybridized carbons (Fsp3) is 0.600. The van der Waals surface area contributed by atoms with Crippen molar-refractivity contribution in [3.63, 3.8) is 0 Å². The van der Waals surface area contributed by atoms with E-state index in [0.717, 1.165) is 43.9 Å². The summed E-state index contributed by atoms with van der Waals surface area (Å²) < 4.78 is 40.2. The maximum absolute atomic E-state index is 14.2. The molecule has 160 valence electrons. The maximum atomic E-state index is 14.2. The lowest BCUT2D eigenvalue weighted by atomic mass is 9.88. The highest BCUT2D eigenvalue weighted by molar-refractivity contribution is 7.89. The number of rotatable bonds is 5. The van der Waals surface area contributed by atoms with Crippen molar-refractivity contribution in [3.05, 3.63) is 29.6 Å². The van der Waals surface area contributed by atoms with E-state index < -0.39 is 21.7 Å². The molecule has 0 atom stereocenters. The molecule has 3 rings (SSSR count). The second-order valence-corrected chi connectivity index (χ2v) is 9.65. The number of hydrogen-bond donors (Lipinski definition) is 2. The number of likely N-dealkylation sites (tertiary alicyclic amines) is 1. The van der Waals surface area contributed by atoms with Gasteiger partial charge in [-0.1, -0.05) is 19.3 Å². The summed E-state index contributed by atoms with van der Waals surface area (Å²) in [5.74, 6) is -1.09. The summed E-state index contributed by atoms with van der Waals surface area (Å²) in [6, 6.07) is 3.20. The SMILES string of the molecule is CNS(=O)(=O)c1ccc(F)c(C(=O)N2CCC(NC(=O)C3CCCCC3)CC2)c1. The minimum Gasteiger partial charge on any atom is -0.353 e. The van der Waals surface area contributed by atoms with Crippen LogP contribution in [0.3, 0.4) is 0 Å². The first-order chi connectivity index (χ1) is 13.8. The Balaban J connectivity index is 1.60. The molecule has 0 radical (unpaired) electrons. The largest absolute Gasteiger partial charge is 0.353 e. The van der Waals surface area contributed by atoms with Crippen LogP contribution in [0.2, 0.25) is 0 Å². The van der Waals surface area contributed by atoms with Crippen molar-refractivity contribution in [2.45, 2.75) is 55.9 Å². The fourth-order valence-corrected chi connectivity index (χ4v) is 4.79. The molecule has 7 nitrogen and oxygen atoms in total. The van der Waals surface area contributed by atoms with E-state index in [9.17, 15) is 22.4 Å². The van der Waals surface area contributed by atoms with Crippen LogP contribution >= 0.6 is 0 Å². The summed E-state index contributed by atoms with van der Waals surface area (Å²) in [6.07, 6.45) is 6.46. The molecule has 1 saturated heterocycles. The van der Waals surface area contributed by atoms with Gasteiger partial charge in [0.05, 0.1) is 10.5 Å². The molecule has 2 amide bonds. The van der Waals surface area contributed by atoms with Crippen molar-refractivity contribution in [3.8, 4) is 0 Å². The first-order valence-electron chi connectivity index (χ1n) is 10.1. The number of carbonyl (C=O) groups is 2. The third-order valence-corrected chi connectivity index (χ3v) is 7.26. The Hall–Kier alpha value is -2.00. The van der Waals surface area contributed by atoms with Gasteiger partial charge < -0.3 is 10.2 Å². The summed E-state index contributed by atoms with van der Waals surface area (Å²) >= 11 is 0. The number of halogens is 1. The van der Waals surface area contributed by atoms with Crippen molar-refractivity contribution in [2.75, 3.05) is 20.1 Å². The smallest absolute Gasteiger partial charge is 0.256 e. The number of benzene rings is 1. The van der Waals surface area contributed by atoms with Gasteiger partial charge in [-0.25, -0.2) is 17.5 Å². The molecule has 1 aliphatic heterocycles. The van der Waals surface area contributed by atoms with Crippen LogP contribution in [0.4, 0.5) is 4.39 Å². The topological polar surface area (TPSA) is 95.6 Å². The van der Waals surface area contributed by atoms with Crippen molar-refractivity contribution in [2.24, 2.45) is 5.92 Å². The van der Waals surface area contributed by atoms with Gasteiger partial charge in [0.15, 0.2) is 0 Å². The lowest BCUT2D eigenvalue weighted by Crippen LogP contribution is -2.48. The van der Waals surface area contributed by atoms with E-state index in [-0.39, 0.29) is 28.3 Å². The van der Waals surface area contributed by atoms with E-state index in [4.69, 9.17) is 0 Å². The molecule has 1 saturated carbocycles. The van der Waals surface area contributed by atoms with Crippen LogP contribution in [-0.2, 0) is 14.8 Å². The van der Waals surface area contributed by atoms with Gasteiger partial charge in [-0.3, -0.25) is 9.59 Å². The number of piperidine rings is 1. The fourth-order valence-electron chi connectivity index (χ4n) is 4.03. The first-order valence-corrected chi connectivity index (χ1v) is 11.6. The van der Waals surface area contributed by atoms with Gasteiger partial charge in [0.25, 0.3) is 5.91 Å². The van der Waals surface area contributed by atoms with Gasteiger partial charge in [-0.2, -0.15) is 0 Å². The molecule has 0 bridgehead atoms. The highest BCUT2D eigenvalue weighted by Crippen LogP contribution is 2.25. The first kappa shape index (κ1) is 21.7. The van der Waals surface area contributed by atoms with E-state index in [1.54, 1.807) is 0 Å². The number of nitrogens with zero attached hydrogens (tertiary/aromatic N) is 1. The molecule has 1 heterocycles. The molecule has 1 aliphatic carbocycles. The van der Waals surface area contributed by atoms with Crippen LogP contribution in [0.1, 0.15) is 55.3 Å². The highest BCUT2D eigenvalue weighted by atomic mass is 32.2. The monoisotopic (exact) mass is 425 g/mol.